The quantitative estimate of drug-likeness (QED) is 0.899. The van der Waals surface area contributed by atoms with Crippen LogP contribution in [-0.4, -0.2) is 53.0 Å². The van der Waals surface area contributed by atoms with Gasteiger partial charge in [-0.05, 0) is 44.0 Å². The molecule has 1 aromatic carbocycles. The Hall–Kier alpha value is -2.02. The minimum atomic E-state index is -0.958. The number of rotatable bonds is 5. The minimum Gasteiger partial charge on any atom is -0.480 e. The molecule has 0 saturated carbocycles. The number of carbonyl (C=O) groups excluding carboxylic acids is 1. The largest absolute Gasteiger partial charge is 0.480 e. The van der Waals surface area contributed by atoms with Crippen molar-refractivity contribution < 1.29 is 23.5 Å². The van der Waals surface area contributed by atoms with Crippen molar-refractivity contribution in [2.45, 2.75) is 31.8 Å². The topological polar surface area (TPSA) is 60.9 Å². The molecular formula is C16H20F2N2O3. The third-order valence-corrected chi connectivity index (χ3v) is 4.39. The highest BCUT2D eigenvalue weighted by atomic mass is 19.2. The Morgan fingerprint density at radius 2 is 2.09 bits per heavy atom. The summed E-state index contributed by atoms with van der Waals surface area (Å²) in [5, 5.41) is 9.14. The van der Waals surface area contributed by atoms with Crippen molar-refractivity contribution in [3.05, 3.63) is 35.4 Å². The fourth-order valence-corrected chi connectivity index (χ4v) is 2.79. The Labute approximate surface area is 133 Å². The smallest absolute Gasteiger partial charge is 0.320 e. The van der Waals surface area contributed by atoms with Crippen LogP contribution in [0, 0.1) is 11.6 Å². The summed E-state index contributed by atoms with van der Waals surface area (Å²) in [5.74, 6) is -3.07. The molecule has 1 fully saturated rings. The van der Waals surface area contributed by atoms with Gasteiger partial charge in [-0.2, -0.15) is 0 Å². The molecule has 7 heteroatoms. The van der Waals surface area contributed by atoms with E-state index in [-0.39, 0.29) is 12.5 Å². The lowest BCUT2D eigenvalue weighted by molar-refractivity contribution is -0.143. The maximum atomic E-state index is 13.3. The second kappa shape index (κ2) is 7.04. The van der Waals surface area contributed by atoms with Gasteiger partial charge in [-0.1, -0.05) is 6.07 Å². The van der Waals surface area contributed by atoms with E-state index in [0.29, 0.717) is 18.5 Å². The molecule has 0 aromatic heterocycles. The van der Waals surface area contributed by atoms with E-state index in [1.54, 1.807) is 18.9 Å². The fraction of sp³-hybridized carbons (Fsp3) is 0.500. The second-order valence-corrected chi connectivity index (χ2v) is 5.82. The Morgan fingerprint density at radius 3 is 2.70 bits per heavy atom. The zero-order valence-corrected chi connectivity index (χ0v) is 13.1. The summed E-state index contributed by atoms with van der Waals surface area (Å²) in [4.78, 5) is 26.6. The third kappa shape index (κ3) is 3.85. The maximum Gasteiger partial charge on any atom is 0.320 e. The molecule has 0 aliphatic carbocycles. The molecule has 0 spiro atoms. The Bertz CT molecular complexity index is 609. The van der Waals surface area contributed by atoms with E-state index >= 15 is 0 Å². The zero-order valence-electron chi connectivity index (χ0n) is 13.1. The molecule has 0 radical (unpaired) electrons. The molecular weight excluding hydrogens is 306 g/mol. The first kappa shape index (κ1) is 17.3. The summed E-state index contributed by atoms with van der Waals surface area (Å²) in [6, 6.07) is 2.46. The van der Waals surface area contributed by atoms with Crippen LogP contribution in [0.25, 0.3) is 0 Å². The van der Waals surface area contributed by atoms with Crippen LogP contribution in [0.5, 0.6) is 0 Å². The molecule has 1 aliphatic rings. The highest BCUT2D eigenvalue weighted by molar-refractivity contribution is 5.80. The number of carboxylic acid groups (broad SMARTS) is 1. The lowest BCUT2D eigenvalue weighted by Gasteiger charge is -2.28. The van der Waals surface area contributed by atoms with Crippen molar-refractivity contribution >= 4 is 11.9 Å². The number of hydrogen-bond donors (Lipinski definition) is 1. The number of likely N-dealkylation sites (N-methyl/N-ethyl adjacent to an activating group) is 1. The van der Waals surface area contributed by atoms with Gasteiger partial charge in [0.2, 0.25) is 5.91 Å². The molecule has 0 bridgehead atoms. The van der Waals surface area contributed by atoms with Crippen LogP contribution < -0.4 is 0 Å². The van der Waals surface area contributed by atoms with Crippen molar-refractivity contribution in [1.29, 1.82) is 0 Å². The molecule has 23 heavy (non-hydrogen) atoms. The molecule has 1 aromatic rings. The monoisotopic (exact) mass is 326 g/mol. The van der Waals surface area contributed by atoms with E-state index in [1.807, 2.05) is 0 Å². The molecule has 1 N–H and O–H groups in total. The molecule has 5 nitrogen and oxygen atoms in total. The molecule has 126 valence electrons. The van der Waals surface area contributed by atoms with Crippen LogP contribution in [0.3, 0.4) is 0 Å². The lowest BCUT2D eigenvalue weighted by Crippen LogP contribution is -2.44. The van der Waals surface area contributed by atoms with E-state index in [2.05, 4.69) is 0 Å². The number of carbonyl (C=O) groups is 2. The van der Waals surface area contributed by atoms with Gasteiger partial charge in [0.1, 0.15) is 6.04 Å². The summed E-state index contributed by atoms with van der Waals surface area (Å²) in [6.07, 6.45) is 1.28. The fourth-order valence-electron chi connectivity index (χ4n) is 2.79. The first-order valence-electron chi connectivity index (χ1n) is 7.48. The van der Waals surface area contributed by atoms with E-state index in [9.17, 15) is 18.4 Å². The number of halogens is 2. The predicted octanol–water partition coefficient (Wildman–Crippen LogP) is 2.03. The normalized spacial score (nSPS) is 19.6. The van der Waals surface area contributed by atoms with Gasteiger partial charge in [0.05, 0.1) is 12.6 Å². The van der Waals surface area contributed by atoms with Gasteiger partial charge in [-0.25, -0.2) is 8.78 Å². The average Bonchev–Trinajstić information content (AvgIpc) is 2.96. The summed E-state index contributed by atoms with van der Waals surface area (Å²) in [5.41, 5.74) is 0.482. The SMILES string of the molecule is CC(c1ccc(F)c(F)c1)N(C)C(=O)CN1CCC[C@H]1C(=O)O. The van der Waals surface area contributed by atoms with E-state index < -0.39 is 29.7 Å². The van der Waals surface area contributed by atoms with Crippen LogP contribution in [-0.2, 0) is 9.59 Å². The Kier molecular flexibility index (Phi) is 5.30. The van der Waals surface area contributed by atoms with Crippen LogP contribution in [0.4, 0.5) is 8.78 Å². The van der Waals surface area contributed by atoms with Gasteiger partial charge in [-0.15, -0.1) is 0 Å². The van der Waals surface area contributed by atoms with Crippen molar-refractivity contribution in [2.24, 2.45) is 0 Å². The van der Waals surface area contributed by atoms with Crippen LogP contribution in [0.15, 0.2) is 18.2 Å². The van der Waals surface area contributed by atoms with Crippen LogP contribution in [0.1, 0.15) is 31.4 Å². The zero-order chi connectivity index (χ0) is 17.1. The van der Waals surface area contributed by atoms with E-state index in [0.717, 1.165) is 18.6 Å². The number of aliphatic carboxylic acids is 1. The van der Waals surface area contributed by atoms with Crippen LogP contribution in [0.2, 0.25) is 0 Å². The van der Waals surface area contributed by atoms with E-state index in [1.165, 1.54) is 11.0 Å². The van der Waals surface area contributed by atoms with Crippen LogP contribution >= 0.6 is 0 Å². The van der Waals surface area contributed by atoms with Gasteiger partial charge >= 0.3 is 5.97 Å². The number of likely N-dealkylation sites (tertiary alicyclic amines) is 1. The molecule has 1 amide bonds. The molecule has 1 unspecified atom stereocenters. The maximum absolute atomic E-state index is 13.3. The third-order valence-electron chi connectivity index (χ3n) is 4.39. The lowest BCUT2D eigenvalue weighted by atomic mass is 10.1. The van der Waals surface area contributed by atoms with Crippen molar-refractivity contribution in [3.8, 4) is 0 Å². The Morgan fingerprint density at radius 1 is 1.39 bits per heavy atom. The number of carboxylic acids is 1. The van der Waals surface area contributed by atoms with Gasteiger partial charge in [0.25, 0.3) is 0 Å². The number of benzene rings is 1. The Balaban J connectivity index is 2.03. The molecule has 1 aliphatic heterocycles. The number of hydrogen-bond acceptors (Lipinski definition) is 3. The first-order chi connectivity index (χ1) is 10.8. The molecule has 2 atom stereocenters. The van der Waals surface area contributed by atoms with Crippen molar-refractivity contribution in [1.82, 2.24) is 9.80 Å². The highest BCUT2D eigenvalue weighted by Crippen LogP contribution is 2.22. The predicted molar refractivity (Wildman–Crippen MR) is 79.8 cm³/mol. The molecule has 1 saturated heterocycles. The standard InChI is InChI=1S/C16H20F2N2O3/c1-10(11-5-6-12(17)13(18)8-11)19(2)15(21)9-20-7-3-4-14(20)16(22)23/h5-6,8,10,14H,3-4,7,9H2,1-2H3,(H,22,23)/t10?,14-/m0/s1. The van der Waals surface area contributed by atoms with Gasteiger partial charge in [0.15, 0.2) is 11.6 Å². The highest BCUT2D eigenvalue weighted by Gasteiger charge is 2.32. The first-order valence-corrected chi connectivity index (χ1v) is 7.48. The van der Waals surface area contributed by atoms with Gasteiger partial charge < -0.3 is 10.0 Å². The molecule has 2 rings (SSSR count). The minimum absolute atomic E-state index is 0.00147. The second-order valence-electron chi connectivity index (χ2n) is 5.82. The molecule has 1 heterocycles. The van der Waals surface area contributed by atoms with Crippen molar-refractivity contribution in [3.63, 3.8) is 0 Å². The van der Waals surface area contributed by atoms with E-state index in [4.69, 9.17) is 5.11 Å². The van der Waals surface area contributed by atoms with Crippen molar-refractivity contribution in [2.75, 3.05) is 20.1 Å². The van der Waals surface area contributed by atoms with Gasteiger partial charge in [0, 0.05) is 7.05 Å². The number of nitrogens with zero attached hydrogens (tertiary/aromatic N) is 2. The number of amides is 1. The van der Waals surface area contributed by atoms with Gasteiger partial charge in [-0.3, -0.25) is 14.5 Å². The summed E-state index contributed by atoms with van der Waals surface area (Å²) in [7, 11) is 1.57. The summed E-state index contributed by atoms with van der Waals surface area (Å²) >= 11 is 0. The average molecular weight is 326 g/mol. The summed E-state index contributed by atoms with van der Waals surface area (Å²) in [6.45, 7) is 2.28. The summed E-state index contributed by atoms with van der Waals surface area (Å²) < 4.78 is 26.3.